The maximum atomic E-state index is 6.01. The van der Waals surface area contributed by atoms with Crippen LogP contribution in [-0.2, 0) is 13.2 Å². The Bertz CT molecular complexity index is 728. The summed E-state index contributed by atoms with van der Waals surface area (Å²) in [4.78, 5) is 0. The normalized spacial score (nSPS) is 14.9. The molecule has 146 valence electrons. The largest absolute Gasteiger partial charge is 0.493 e. The topological polar surface area (TPSA) is 42.5 Å². The summed E-state index contributed by atoms with van der Waals surface area (Å²) in [5.41, 5.74) is 3.58. The molecule has 0 bridgehead atoms. The van der Waals surface area contributed by atoms with Crippen molar-refractivity contribution in [3.63, 3.8) is 0 Å². The first-order valence-corrected chi connectivity index (χ1v) is 10.4. The number of halogens is 1. The molecule has 2 aromatic rings. The molecule has 0 aliphatic carbocycles. The number of hydrogen-bond donors (Lipinski definition) is 2. The molecular weight excluding hydrogens is 404 g/mol. The van der Waals surface area contributed by atoms with E-state index < -0.39 is 0 Å². The molecule has 1 saturated heterocycles. The molecule has 1 aliphatic heterocycles. The predicted octanol–water partition coefficient (Wildman–Crippen LogP) is 4.43. The lowest BCUT2D eigenvalue weighted by Gasteiger charge is -2.23. The van der Waals surface area contributed by atoms with Crippen molar-refractivity contribution in [3.8, 4) is 11.5 Å². The van der Waals surface area contributed by atoms with Gasteiger partial charge in [-0.2, -0.15) is 0 Å². The lowest BCUT2D eigenvalue weighted by molar-refractivity contribution is 0.284. The van der Waals surface area contributed by atoms with Gasteiger partial charge in [0.2, 0.25) is 0 Å². The molecule has 5 heteroatoms. The Morgan fingerprint density at radius 1 is 1.11 bits per heavy atom. The smallest absolute Gasteiger partial charge is 0.162 e. The zero-order valence-corrected chi connectivity index (χ0v) is 17.8. The SMILES string of the molecule is COc1cc(CNCC2CCNCC2)c(Br)cc1OCc1ccc(C)cc1. The summed E-state index contributed by atoms with van der Waals surface area (Å²) in [5, 5.41) is 7.01. The number of ether oxygens (including phenoxy) is 2. The van der Waals surface area contributed by atoms with Crippen LogP contribution in [0.25, 0.3) is 0 Å². The number of aryl methyl sites for hydroxylation is 1. The highest BCUT2D eigenvalue weighted by atomic mass is 79.9. The van der Waals surface area contributed by atoms with Gasteiger partial charge in [-0.05, 0) is 68.6 Å². The summed E-state index contributed by atoms with van der Waals surface area (Å²) in [5.74, 6) is 2.29. The Hall–Kier alpha value is -1.56. The van der Waals surface area contributed by atoms with E-state index in [0.717, 1.165) is 53.6 Å². The second kappa shape index (κ2) is 10.1. The first kappa shape index (κ1) is 20.2. The number of hydrogen-bond acceptors (Lipinski definition) is 4. The molecule has 4 nitrogen and oxygen atoms in total. The van der Waals surface area contributed by atoms with Crippen LogP contribution in [0, 0.1) is 12.8 Å². The Labute approximate surface area is 170 Å². The summed E-state index contributed by atoms with van der Waals surface area (Å²) in [6.45, 7) is 6.76. The Morgan fingerprint density at radius 3 is 2.56 bits per heavy atom. The van der Waals surface area contributed by atoms with Crippen molar-refractivity contribution in [3.05, 3.63) is 57.6 Å². The van der Waals surface area contributed by atoms with E-state index in [2.05, 4.69) is 63.8 Å². The highest BCUT2D eigenvalue weighted by Crippen LogP contribution is 2.34. The quantitative estimate of drug-likeness (QED) is 0.646. The van der Waals surface area contributed by atoms with E-state index in [1.165, 1.54) is 24.0 Å². The van der Waals surface area contributed by atoms with Crippen LogP contribution < -0.4 is 20.1 Å². The summed E-state index contributed by atoms with van der Waals surface area (Å²) in [6, 6.07) is 12.5. The molecule has 3 rings (SSSR count). The number of benzene rings is 2. The van der Waals surface area contributed by atoms with Crippen LogP contribution >= 0.6 is 15.9 Å². The number of piperidine rings is 1. The van der Waals surface area contributed by atoms with Crippen molar-refractivity contribution < 1.29 is 9.47 Å². The molecule has 0 amide bonds. The van der Waals surface area contributed by atoms with Crippen LogP contribution in [-0.4, -0.2) is 26.7 Å². The average molecular weight is 433 g/mol. The minimum Gasteiger partial charge on any atom is -0.493 e. The standard InChI is InChI=1S/C22H29BrN2O2/c1-16-3-5-18(6-4-16)15-27-22-12-20(23)19(11-21(22)26-2)14-25-13-17-7-9-24-10-8-17/h3-6,11-12,17,24-25H,7-10,13-15H2,1-2H3. The highest BCUT2D eigenvalue weighted by Gasteiger charge is 2.14. The van der Waals surface area contributed by atoms with E-state index in [-0.39, 0.29) is 0 Å². The molecule has 0 aromatic heterocycles. The molecule has 0 saturated carbocycles. The molecule has 2 aromatic carbocycles. The van der Waals surface area contributed by atoms with Crippen LogP contribution in [0.4, 0.5) is 0 Å². The summed E-state index contributed by atoms with van der Waals surface area (Å²) in [7, 11) is 1.69. The summed E-state index contributed by atoms with van der Waals surface area (Å²) >= 11 is 3.69. The van der Waals surface area contributed by atoms with Gasteiger partial charge in [0.1, 0.15) is 6.61 Å². The molecule has 1 fully saturated rings. The Balaban J connectivity index is 1.59. The third-order valence-corrected chi connectivity index (χ3v) is 5.79. The average Bonchev–Trinajstić information content (AvgIpc) is 2.69. The minimum atomic E-state index is 0.524. The van der Waals surface area contributed by atoms with Crippen molar-refractivity contribution in [2.24, 2.45) is 5.92 Å². The second-order valence-corrected chi connectivity index (χ2v) is 8.05. The van der Waals surface area contributed by atoms with Gasteiger partial charge in [0.05, 0.1) is 7.11 Å². The molecule has 27 heavy (non-hydrogen) atoms. The lowest BCUT2D eigenvalue weighted by atomic mass is 9.98. The molecule has 1 heterocycles. The van der Waals surface area contributed by atoms with Gasteiger partial charge in [-0.1, -0.05) is 45.8 Å². The predicted molar refractivity (Wildman–Crippen MR) is 114 cm³/mol. The van der Waals surface area contributed by atoms with Crippen molar-refractivity contribution in [1.82, 2.24) is 10.6 Å². The lowest BCUT2D eigenvalue weighted by Crippen LogP contribution is -2.33. The van der Waals surface area contributed by atoms with Gasteiger partial charge in [-0.3, -0.25) is 0 Å². The molecule has 2 N–H and O–H groups in total. The first-order valence-electron chi connectivity index (χ1n) is 9.62. The minimum absolute atomic E-state index is 0.524. The van der Waals surface area contributed by atoms with Gasteiger partial charge < -0.3 is 20.1 Å². The van der Waals surface area contributed by atoms with Gasteiger partial charge >= 0.3 is 0 Å². The first-order chi connectivity index (χ1) is 13.2. The fraction of sp³-hybridized carbons (Fsp3) is 0.455. The maximum absolute atomic E-state index is 6.01. The van der Waals surface area contributed by atoms with Crippen LogP contribution in [0.2, 0.25) is 0 Å². The Morgan fingerprint density at radius 2 is 1.85 bits per heavy atom. The van der Waals surface area contributed by atoms with E-state index in [1.807, 2.05) is 6.07 Å². The van der Waals surface area contributed by atoms with Crippen molar-refractivity contribution in [2.75, 3.05) is 26.7 Å². The van der Waals surface area contributed by atoms with Crippen molar-refractivity contribution in [1.29, 1.82) is 0 Å². The molecule has 0 atom stereocenters. The zero-order chi connectivity index (χ0) is 19.1. The van der Waals surface area contributed by atoms with E-state index >= 15 is 0 Å². The number of nitrogens with one attached hydrogen (secondary N) is 2. The fourth-order valence-electron chi connectivity index (χ4n) is 3.33. The van der Waals surface area contributed by atoms with Crippen LogP contribution in [0.15, 0.2) is 40.9 Å². The van der Waals surface area contributed by atoms with Gasteiger partial charge in [0, 0.05) is 11.0 Å². The third-order valence-electron chi connectivity index (χ3n) is 5.05. The van der Waals surface area contributed by atoms with Crippen LogP contribution in [0.5, 0.6) is 11.5 Å². The van der Waals surface area contributed by atoms with E-state index in [4.69, 9.17) is 9.47 Å². The molecule has 0 spiro atoms. The van der Waals surface area contributed by atoms with Gasteiger partial charge in [-0.25, -0.2) is 0 Å². The van der Waals surface area contributed by atoms with Crippen molar-refractivity contribution in [2.45, 2.75) is 32.9 Å². The van der Waals surface area contributed by atoms with E-state index in [1.54, 1.807) is 7.11 Å². The number of rotatable bonds is 8. The summed E-state index contributed by atoms with van der Waals surface area (Å²) in [6.07, 6.45) is 2.51. The molecule has 0 radical (unpaired) electrons. The molecular formula is C22H29BrN2O2. The fourth-order valence-corrected chi connectivity index (χ4v) is 3.79. The third kappa shape index (κ3) is 5.96. The van der Waals surface area contributed by atoms with Gasteiger partial charge in [-0.15, -0.1) is 0 Å². The van der Waals surface area contributed by atoms with Gasteiger partial charge in [0.25, 0.3) is 0 Å². The molecule has 0 unspecified atom stereocenters. The van der Waals surface area contributed by atoms with E-state index in [0.29, 0.717) is 6.61 Å². The van der Waals surface area contributed by atoms with Crippen molar-refractivity contribution >= 4 is 15.9 Å². The van der Waals surface area contributed by atoms with Gasteiger partial charge in [0.15, 0.2) is 11.5 Å². The number of methoxy groups -OCH3 is 1. The Kier molecular flexibility index (Phi) is 7.56. The highest BCUT2D eigenvalue weighted by molar-refractivity contribution is 9.10. The van der Waals surface area contributed by atoms with E-state index in [9.17, 15) is 0 Å². The summed E-state index contributed by atoms with van der Waals surface area (Å²) < 4.78 is 12.6. The van der Waals surface area contributed by atoms with Crippen LogP contribution in [0.1, 0.15) is 29.5 Å². The van der Waals surface area contributed by atoms with Crippen LogP contribution in [0.3, 0.4) is 0 Å². The zero-order valence-electron chi connectivity index (χ0n) is 16.2. The second-order valence-electron chi connectivity index (χ2n) is 7.19. The monoisotopic (exact) mass is 432 g/mol. The maximum Gasteiger partial charge on any atom is 0.162 e. The molecule has 1 aliphatic rings.